The molecule has 0 radical (unpaired) electrons. The highest BCUT2D eigenvalue weighted by Gasteiger charge is 2.11. The van der Waals surface area contributed by atoms with Gasteiger partial charge < -0.3 is 4.74 Å². The van der Waals surface area contributed by atoms with Crippen molar-refractivity contribution < 1.29 is 9.53 Å². The van der Waals surface area contributed by atoms with E-state index in [4.69, 9.17) is 4.74 Å². The Bertz CT molecular complexity index is 361. The van der Waals surface area contributed by atoms with Gasteiger partial charge in [0.2, 0.25) is 0 Å². The summed E-state index contributed by atoms with van der Waals surface area (Å²) in [6.45, 7) is 2.13. The van der Waals surface area contributed by atoms with Crippen LogP contribution in [0.5, 0.6) is 5.75 Å². The smallest absolute Gasteiger partial charge is 0.166 e. The molecule has 0 spiro atoms. The summed E-state index contributed by atoms with van der Waals surface area (Å²) >= 11 is 3.36. The molecule has 3 heteroatoms. The van der Waals surface area contributed by atoms with Gasteiger partial charge in [0.25, 0.3) is 0 Å². The van der Waals surface area contributed by atoms with Gasteiger partial charge in [-0.05, 0) is 24.6 Å². The molecule has 0 N–H and O–H groups in total. The molecule has 0 aliphatic heterocycles. The molecule has 88 valence electrons. The highest BCUT2D eigenvalue weighted by Crippen LogP contribution is 2.25. The Kier molecular flexibility index (Phi) is 5.53. The Morgan fingerprint density at radius 1 is 1.38 bits per heavy atom. The van der Waals surface area contributed by atoms with Crippen molar-refractivity contribution in [3.63, 3.8) is 0 Å². The third-order valence-corrected chi connectivity index (χ3v) is 2.96. The summed E-state index contributed by atoms with van der Waals surface area (Å²) in [5, 5.41) is 0. The second-order valence-electron chi connectivity index (χ2n) is 3.72. The number of benzene rings is 1. The molecule has 1 rings (SSSR count). The lowest BCUT2D eigenvalue weighted by atomic mass is 10.0. The van der Waals surface area contributed by atoms with E-state index in [0.29, 0.717) is 17.7 Å². The van der Waals surface area contributed by atoms with Crippen LogP contribution < -0.4 is 4.74 Å². The summed E-state index contributed by atoms with van der Waals surface area (Å²) in [5.41, 5.74) is 0.682. The third kappa shape index (κ3) is 3.63. The van der Waals surface area contributed by atoms with Gasteiger partial charge in [-0.1, -0.05) is 35.7 Å². The Labute approximate surface area is 105 Å². The fourth-order valence-electron chi connectivity index (χ4n) is 1.57. The number of ether oxygens (including phenoxy) is 1. The Hall–Kier alpha value is -0.830. The van der Waals surface area contributed by atoms with Crippen molar-refractivity contribution in [1.82, 2.24) is 0 Å². The van der Waals surface area contributed by atoms with Gasteiger partial charge in [-0.2, -0.15) is 0 Å². The van der Waals surface area contributed by atoms with E-state index in [9.17, 15) is 4.79 Å². The van der Waals surface area contributed by atoms with Gasteiger partial charge in [-0.15, -0.1) is 0 Å². The molecule has 0 amide bonds. The van der Waals surface area contributed by atoms with E-state index in [0.717, 1.165) is 23.7 Å². The molecule has 0 aliphatic carbocycles. The second kappa shape index (κ2) is 6.69. The lowest BCUT2D eigenvalue weighted by Crippen LogP contribution is -2.02. The van der Waals surface area contributed by atoms with Crippen LogP contribution in [0.4, 0.5) is 0 Å². The molecule has 1 aromatic carbocycles. The molecular formula is C13H17BrO2. The van der Waals surface area contributed by atoms with Crippen LogP contribution in [0.3, 0.4) is 0 Å². The van der Waals surface area contributed by atoms with E-state index >= 15 is 0 Å². The summed E-state index contributed by atoms with van der Waals surface area (Å²) in [4.78, 5) is 11.9. The first-order valence-electron chi connectivity index (χ1n) is 5.55. The molecule has 16 heavy (non-hydrogen) atoms. The number of hydrogen-bond acceptors (Lipinski definition) is 2. The Morgan fingerprint density at radius 2 is 2.12 bits per heavy atom. The molecule has 0 heterocycles. The fourth-order valence-corrected chi connectivity index (χ4v) is 1.91. The van der Waals surface area contributed by atoms with Gasteiger partial charge in [-0.25, -0.2) is 0 Å². The van der Waals surface area contributed by atoms with Gasteiger partial charge >= 0.3 is 0 Å². The van der Waals surface area contributed by atoms with Crippen LogP contribution in [0.25, 0.3) is 0 Å². The predicted molar refractivity (Wildman–Crippen MR) is 69.2 cm³/mol. The Balaban J connectivity index is 2.74. The molecule has 1 aromatic rings. The first-order chi connectivity index (χ1) is 7.69. The number of rotatable bonds is 6. The SMILES string of the molecule is CCCCCC(=O)c1ccc(Br)cc1OC. The van der Waals surface area contributed by atoms with Gasteiger partial charge in [0.1, 0.15) is 5.75 Å². The average molecular weight is 285 g/mol. The third-order valence-electron chi connectivity index (χ3n) is 2.47. The molecule has 0 saturated heterocycles. The predicted octanol–water partition coefficient (Wildman–Crippen LogP) is 4.22. The lowest BCUT2D eigenvalue weighted by molar-refractivity contribution is 0.0976. The number of carbonyl (C=O) groups excluding carboxylic acids is 1. The topological polar surface area (TPSA) is 26.3 Å². The van der Waals surface area contributed by atoms with Crippen LogP contribution in [-0.4, -0.2) is 12.9 Å². The van der Waals surface area contributed by atoms with E-state index in [1.54, 1.807) is 7.11 Å². The fraction of sp³-hybridized carbons (Fsp3) is 0.462. The molecule has 0 saturated carbocycles. The standard InChI is InChI=1S/C13H17BrO2/c1-3-4-5-6-12(15)11-8-7-10(14)9-13(11)16-2/h7-9H,3-6H2,1-2H3. The van der Waals surface area contributed by atoms with E-state index < -0.39 is 0 Å². The number of ketones is 1. The van der Waals surface area contributed by atoms with Crippen LogP contribution >= 0.6 is 15.9 Å². The van der Waals surface area contributed by atoms with Crippen LogP contribution in [0.2, 0.25) is 0 Å². The van der Waals surface area contributed by atoms with Crippen molar-refractivity contribution in [2.24, 2.45) is 0 Å². The molecule has 0 aromatic heterocycles. The highest BCUT2D eigenvalue weighted by molar-refractivity contribution is 9.10. The molecule has 0 atom stereocenters. The largest absolute Gasteiger partial charge is 0.496 e. The minimum Gasteiger partial charge on any atom is -0.496 e. The first kappa shape index (κ1) is 13.2. The molecule has 0 bridgehead atoms. The zero-order valence-electron chi connectivity index (χ0n) is 9.75. The number of Topliss-reactive ketones (excluding diaryl/α,β-unsaturated/α-hetero) is 1. The Morgan fingerprint density at radius 3 is 2.75 bits per heavy atom. The molecule has 0 unspecified atom stereocenters. The van der Waals surface area contributed by atoms with Gasteiger partial charge in [0.15, 0.2) is 5.78 Å². The number of unbranched alkanes of at least 4 members (excludes halogenated alkanes) is 2. The van der Waals surface area contributed by atoms with Crippen molar-refractivity contribution in [2.75, 3.05) is 7.11 Å². The van der Waals surface area contributed by atoms with Crippen LogP contribution in [-0.2, 0) is 0 Å². The number of carbonyl (C=O) groups is 1. The first-order valence-corrected chi connectivity index (χ1v) is 6.35. The minimum absolute atomic E-state index is 0.165. The molecule has 0 aliphatic rings. The average Bonchev–Trinajstić information content (AvgIpc) is 2.29. The van der Waals surface area contributed by atoms with Gasteiger partial charge in [-0.3, -0.25) is 4.79 Å². The minimum atomic E-state index is 0.165. The van der Waals surface area contributed by atoms with Gasteiger partial charge in [0, 0.05) is 10.9 Å². The van der Waals surface area contributed by atoms with E-state index in [1.165, 1.54) is 0 Å². The van der Waals surface area contributed by atoms with Crippen LogP contribution in [0.1, 0.15) is 43.0 Å². The summed E-state index contributed by atoms with van der Waals surface area (Å²) < 4.78 is 6.13. The van der Waals surface area contributed by atoms with Crippen LogP contribution in [0.15, 0.2) is 22.7 Å². The maximum Gasteiger partial charge on any atom is 0.166 e. The molecule has 0 fully saturated rings. The quantitative estimate of drug-likeness (QED) is 0.577. The zero-order valence-corrected chi connectivity index (χ0v) is 11.3. The van der Waals surface area contributed by atoms with Crippen molar-refractivity contribution >= 4 is 21.7 Å². The molecule has 2 nitrogen and oxygen atoms in total. The summed E-state index contributed by atoms with van der Waals surface area (Å²) in [5.74, 6) is 0.814. The van der Waals surface area contributed by atoms with Crippen molar-refractivity contribution in [3.8, 4) is 5.75 Å². The monoisotopic (exact) mass is 284 g/mol. The normalized spacial score (nSPS) is 10.2. The number of hydrogen-bond donors (Lipinski definition) is 0. The summed E-state index contributed by atoms with van der Waals surface area (Å²) in [6, 6.07) is 5.51. The number of methoxy groups -OCH3 is 1. The van der Waals surface area contributed by atoms with Gasteiger partial charge in [0.05, 0.1) is 12.7 Å². The van der Waals surface area contributed by atoms with Crippen molar-refractivity contribution in [3.05, 3.63) is 28.2 Å². The number of halogens is 1. The van der Waals surface area contributed by atoms with E-state index in [2.05, 4.69) is 22.9 Å². The van der Waals surface area contributed by atoms with Crippen molar-refractivity contribution in [2.45, 2.75) is 32.6 Å². The van der Waals surface area contributed by atoms with Crippen molar-refractivity contribution in [1.29, 1.82) is 0 Å². The van der Waals surface area contributed by atoms with E-state index in [1.807, 2.05) is 18.2 Å². The molecular weight excluding hydrogens is 268 g/mol. The maximum atomic E-state index is 11.9. The second-order valence-corrected chi connectivity index (χ2v) is 4.64. The summed E-state index contributed by atoms with van der Waals surface area (Å²) in [7, 11) is 1.59. The maximum absolute atomic E-state index is 11.9. The van der Waals surface area contributed by atoms with Crippen LogP contribution in [0, 0.1) is 0 Å². The summed E-state index contributed by atoms with van der Waals surface area (Å²) in [6.07, 6.45) is 3.79. The zero-order chi connectivity index (χ0) is 12.0. The lowest BCUT2D eigenvalue weighted by Gasteiger charge is -2.07. The van der Waals surface area contributed by atoms with E-state index in [-0.39, 0.29) is 5.78 Å². The highest BCUT2D eigenvalue weighted by atomic mass is 79.9.